The lowest BCUT2D eigenvalue weighted by Crippen LogP contribution is -2.30. The monoisotopic (exact) mass is 374 g/mol. The highest BCUT2D eigenvalue weighted by atomic mass is 35.5. The maximum atomic E-state index is 5.92. The Morgan fingerprint density at radius 3 is 2.57 bits per heavy atom. The van der Waals surface area contributed by atoms with Crippen molar-refractivity contribution in [3.8, 4) is 16.9 Å². The first-order valence-electron chi connectivity index (χ1n) is 7.26. The van der Waals surface area contributed by atoms with Crippen LogP contribution in [0.25, 0.3) is 11.1 Å². The maximum absolute atomic E-state index is 5.92. The molecule has 6 heteroatoms. The summed E-state index contributed by atoms with van der Waals surface area (Å²) in [5, 5.41) is 0.739. The molecule has 1 fully saturated rings. The highest BCUT2D eigenvalue weighted by Gasteiger charge is 2.21. The summed E-state index contributed by atoms with van der Waals surface area (Å²) in [6.45, 7) is 1.89. The van der Waals surface area contributed by atoms with Gasteiger partial charge in [0.05, 0.1) is 6.20 Å². The fourth-order valence-electron chi connectivity index (χ4n) is 2.68. The molecule has 1 aliphatic rings. The quantitative estimate of drug-likeness (QED) is 0.773. The Kier molecular flexibility index (Phi) is 8.13. The predicted molar refractivity (Wildman–Crippen MR) is 100 cm³/mol. The van der Waals surface area contributed by atoms with Gasteiger partial charge in [-0.3, -0.25) is 4.98 Å². The topological polar surface area (TPSA) is 25.4 Å². The van der Waals surface area contributed by atoms with Crippen molar-refractivity contribution >= 4 is 36.4 Å². The average Bonchev–Trinajstić information content (AvgIpc) is 2.91. The van der Waals surface area contributed by atoms with Crippen LogP contribution in [0.1, 0.15) is 12.8 Å². The zero-order chi connectivity index (χ0) is 14.7. The standard InChI is InChI=1S/C17H19ClN2O.2ClH/c1-20-8-2-3-16(20)12-21-17-9-14(10-19-11-17)13-4-6-15(18)7-5-13;;/h4-7,9-11,16H,2-3,8,12H2,1H3;2*1H/t16-;;/m0../s1. The highest BCUT2D eigenvalue weighted by molar-refractivity contribution is 6.30. The summed E-state index contributed by atoms with van der Waals surface area (Å²) in [5.41, 5.74) is 2.14. The van der Waals surface area contributed by atoms with Crippen LogP contribution in [-0.4, -0.2) is 36.1 Å². The second-order valence-electron chi connectivity index (χ2n) is 5.50. The number of halogens is 3. The lowest BCUT2D eigenvalue weighted by Gasteiger charge is -2.19. The molecule has 126 valence electrons. The number of rotatable bonds is 4. The van der Waals surface area contributed by atoms with Crippen molar-refractivity contribution in [3.05, 3.63) is 47.7 Å². The van der Waals surface area contributed by atoms with E-state index in [1.807, 2.05) is 36.5 Å². The first-order valence-corrected chi connectivity index (χ1v) is 7.64. The number of nitrogens with zero attached hydrogens (tertiary/aromatic N) is 2. The minimum atomic E-state index is 0. The molecule has 1 aromatic carbocycles. The molecule has 0 radical (unpaired) electrons. The summed E-state index contributed by atoms with van der Waals surface area (Å²) in [5.74, 6) is 0.822. The minimum absolute atomic E-state index is 0. The van der Waals surface area contributed by atoms with Gasteiger partial charge in [0.15, 0.2) is 0 Å². The van der Waals surface area contributed by atoms with Gasteiger partial charge in [-0.15, -0.1) is 24.8 Å². The lowest BCUT2D eigenvalue weighted by atomic mass is 10.1. The van der Waals surface area contributed by atoms with E-state index in [1.54, 1.807) is 6.20 Å². The van der Waals surface area contributed by atoms with Crippen LogP contribution in [0.2, 0.25) is 5.02 Å². The Bertz CT molecular complexity index is 607. The number of likely N-dealkylation sites (N-methyl/N-ethyl adjacent to an activating group) is 1. The smallest absolute Gasteiger partial charge is 0.138 e. The predicted octanol–water partition coefficient (Wildman–Crippen LogP) is 4.72. The largest absolute Gasteiger partial charge is 0.490 e. The average molecular weight is 376 g/mol. The van der Waals surface area contributed by atoms with Gasteiger partial charge < -0.3 is 9.64 Å². The Labute approximate surface area is 154 Å². The highest BCUT2D eigenvalue weighted by Crippen LogP contribution is 2.24. The Hall–Kier alpha value is -1.000. The SMILES string of the molecule is CN1CCC[C@H]1COc1cncc(-c2ccc(Cl)cc2)c1.Cl.Cl. The van der Waals surface area contributed by atoms with Crippen LogP contribution in [0.4, 0.5) is 0 Å². The van der Waals surface area contributed by atoms with Crippen LogP contribution in [-0.2, 0) is 0 Å². The second kappa shape index (κ2) is 9.33. The Morgan fingerprint density at radius 1 is 1.17 bits per heavy atom. The third-order valence-electron chi connectivity index (χ3n) is 4.00. The number of ether oxygens (including phenoxy) is 1. The van der Waals surface area contributed by atoms with Crippen molar-refractivity contribution < 1.29 is 4.74 Å². The molecule has 1 saturated heterocycles. The number of likely N-dealkylation sites (tertiary alicyclic amines) is 1. The molecule has 3 nitrogen and oxygen atoms in total. The zero-order valence-corrected chi connectivity index (χ0v) is 15.3. The minimum Gasteiger partial charge on any atom is -0.490 e. The first-order chi connectivity index (χ1) is 10.2. The molecule has 0 aliphatic carbocycles. The summed E-state index contributed by atoms with van der Waals surface area (Å²) in [7, 11) is 2.16. The van der Waals surface area contributed by atoms with Gasteiger partial charge in [-0.25, -0.2) is 0 Å². The third kappa shape index (κ3) is 5.25. The van der Waals surface area contributed by atoms with Gasteiger partial charge in [0.2, 0.25) is 0 Å². The van der Waals surface area contributed by atoms with Crippen LogP contribution < -0.4 is 4.74 Å². The van der Waals surface area contributed by atoms with Crippen molar-refractivity contribution in [1.29, 1.82) is 0 Å². The summed E-state index contributed by atoms with van der Waals surface area (Å²) in [4.78, 5) is 6.63. The van der Waals surface area contributed by atoms with E-state index in [9.17, 15) is 0 Å². The molecule has 0 saturated carbocycles. The van der Waals surface area contributed by atoms with Gasteiger partial charge in [0.25, 0.3) is 0 Å². The molecule has 1 aromatic heterocycles. The van der Waals surface area contributed by atoms with Crippen LogP contribution in [0.3, 0.4) is 0 Å². The molecule has 2 aromatic rings. The molecule has 0 N–H and O–H groups in total. The molecule has 3 rings (SSSR count). The van der Waals surface area contributed by atoms with E-state index < -0.39 is 0 Å². The number of pyridine rings is 1. The second-order valence-corrected chi connectivity index (χ2v) is 5.94. The van der Waals surface area contributed by atoms with Gasteiger partial charge in [-0.1, -0.05) is 23.7 Å². The van der Waals surface area contributed by atoms with E-state index in [0.29, 0.717) is 6.04 Å². The third-order valence-corrected chi connectivity index (χ3v) is 4.26. The van der Waals surface area contributed by atoms with Gasteiger partial charge in [0, 0.05) is 22.8 Å². The molecule has 1 aliphatic heterocycles. The molecular formula is C17H21Cl3N2O. The molecule has 1 atom stereocenters. The molecular weight excluding hydrogens is 355 g/mol. The fourth-order valence-corrected chi connectivity index (χ4v) is 2.81. The Morgan fingerprint density at radius 2 is 1.91 bits per heavy atom. The summed E-state index contributed by atoms with van der Waals surface area (Å²) in [6.07, 6.45) is 6.08. The molecule has 23 heavy (non-hydrogen) atoms. The van der Waals surface area contributed by atoms with Crippen molar-refractivity contribution in [1.82, 2.24) is 9.88 Å². The maximum Gasteiger partial charge on any atom is 0.138 e. The van der Waals surface area contributed by atoms with Crippen molar-refractivity contribution in [3.63, 3.8) is 0 Å². The van der Waals surface area contributed by atoms with Crippen LogP contribution in [0, 0.1) is 0 Å². The summed E-state index contributed by atoms with van der Waals surface area (Å²) in [6, 6.07) is 10.3. The van der Waals surface area contributed by atoms with Crippen molar-refractivity contribution in [2.24, 2.45) is 0 Å². The van der Waals surface area contributed by atoms with Gasteiger partial charge in [-0.05, 0) is 50.2 Å². The Balaban J connectivity index is 0.00000132. The van der Waals surface area contributed by atoms with Gasteiger partial charge >= 0.3 is 0 Å². The van der Waals surface area contributed by atoms with Crippen molar-refractivity contribution in [2.75, 3.05) is 20.2 Å². The molecule has 2 heterocycles. The summed E-state index contributed by atoms with van der Waals surface area (Å²) < 4.78 is 5.92. The molecule has 0 unspecified atom stereocenters. The van der Waals surface area contributed by atoms with E-state index in [2.05, 4.69) is 16.9 Å². The van der Waals surface area contributed by atoms with E-state index >= 15 is 0 Å². The van der Waals surface area contributed by atoms with Crippen LogP contribution >= 0.6 is 36.4 Å². The van der Waals surface area contributed by atoms with Crippen molar-refractivity contribution in [2.45, 2.75) is 18.9 Å². The van der Waals surface area contributed by atoms with E-state index in [1.165, 1.54) is 12.8 Å². The van der Waals surface area contributed by atoms with Gasteiger partial charge in [-0.2, -0.15) is 0 Å². The molecule has 0 amide bonds. The number of hydrogen-bond acceptors (Lipinski definition) is 3. The number of benzene rings is 1. The van der Waals surface area contributed by atoms with Crippen LogP contribution in [0.5, 0.6) is 5.75 Å². The van der Waals surface area contributed by atoms with E-state index in [4.69, 9.17) is 16.3 Å². The van der Waals surface area contributed by atoms with E-state index in [0.717, 1.165) is 35.1 Å². The number of hydrogen-bond donors (Lipinski definition) is 0. The van der Waals surface area contributed by atoms with Gasteiger partial charge in [0.1, 0.15) is 12.4 Å². The molecule has 0 spiro atoms. The first kappa shape index (κ1) is 20.0. The van der Waals surface area contributed by atoms with E-state index in [-0.39, 0.29) is 24.8 Å². The summed E-state index contributed by atoms with van der Waals surface area (Å²) >= 11 is 5.92. The van der Waals surface area contributed by atoms with Crippen LogP contribution in [0.15, 0.2) is 42.7 Å². The molecule has 0 bridgehead atoms. The number of aromatic nitrogens is 1. The zero-order valence-electron chi connectivity index (χ0n) is 12.9. The normalized spacial score (nSPS) is 17.2. The lowest BCUT2D eigenvalue weighted by molar-refractivity contribution is 0.198. The fraction of sp³-hybridized carbons (Fsp3) is 0.353.